The molecule has 0 atom stereocenters. The molecule has 0 bridgehead atoms. The van der Waals surface area contributed by atoms with Crippen molar-refractivity contribution < 1.29 is 9.59 Å². The fourth-order valence-electron chi connectivity index (χ4n) is 2.28. The van der Waals surface area contributed by atoms with Crippen molar-refractivity contribution in [1.29, 1.82) is 0 Å². The minimum Gasteiger partial charge on any atom is -0.316 e. The van der Waals surface area contributed by atoms with Crippen molar-refractivity contribution in [2.24, 2.45) is 0 Å². The molecule has 0 saturated carbocycles. The van der Waals surface area contributed by atoms with Gasteiger partial charge in [-0.15, -0.1) is 0 Å². The van der Waals surface area contributed by atoms with Crippen molar-refractivity contribution in [3.05, 3.63) is 65.7 Å². The standard InChI is InChI=1S/C19H17N3O2S/c1-12-8-10-15(11-9-12)17(24)22-19-21-16(14-6-4-3-5-7-14)18(25-19)20-13(2)23/h3-11H,1-2H3,(H,20,23)(H,21,22,24). The van der Waals surface area contributed by atoms with E-state index in [2.05, 4.69) is 15.6 Å². The van der Waals surface area contributed by atoms with E-state index >= 15 is 0 Å². The van der Waals surface area contributed by atoms with Crippen molar-refractivity contribution in [1.82, 2.24) is 4.98 Å². The van der Waals surface area contributed by atoms with E-state index in [1.807, 2.05) is 49.4 Å². The first-order valence-electron chi connectivity index (χ1n) is 7.75. The number of hydrogen-bond acceptors (Lipinski definition) is 4. The molecule has 0 aliphatic heterocycles. The summed E-state index contributed by atoms with van der Waals surface area (Å²) < 4.78 is 0. The summed E-state index contributed by atoms with van der Waals surface area (Å²) in [6, 6.07) is 16.8. The summed E-state index contributed by atoms with van der Waals surface area (Å²) in [5, 5.41) is 6.62. The Morgan fingerprint density at radius 1 is 0.960 bits per heavy atom. The highest BCUT2D eigenvalue weighted by atomic mass is 32.1. The molecule has 2 aromatic carbocycles. The van der Waals surface area contributed by atoms with Gasteiger partial charge in [0.15, 0.2) is 5.13 Å². The molecule has 0 fully saturated rings. The van der Waals surface area contributed by atoms with Gasteiger partial charge in [-0.2, -0.15) is 0 Å². The van der Waals surface area contributed by atoms with Crippen LogP contribution in [0.1, 0.15) is 22.8 Å². The lowest BCUT2D eigenvalue weighted by molar-refractivity contribution is -0.114. The van der Waals surface area contributed by atoms with Gasteiger partial charge >= 0.3 is 0 Å². The molecule has 6 heteroatoms. The van der Waals surface area contributed by atoms with Crippen LogP contribution in [-0.4, -0.2) is 16.8 Å². The third-order valence-electron chi connectivity index (χ3n) is 3.50. The topological polar surface area (TPSA) is 71.1 Å². The van der Waals surface area contributed by atoms with Gasteiger partial charge in [0, 0.05) is 18.1 Å². The first-order chi connectivity index (χ1) is 12.0. The van der Waals surface area contributed by atoms with Crippen LogP contribution in [0.3, 0.4) is 0 Å². The average Bonchev–Trinajstić information content (AvgIpc) is 2.97. The van der Waals surface area contributed by atoms with Gasteiger partial charge in [0.2, 0.25) is 5.91 Å². The smallest absolute Gasteiger partial charge is 0.257 e. The van der Waals surface area contributed by atoms with E-state index in [4.69, 9.17) is 0 Å². The van der Waals surface area contributed by atoms with Crippen molar-refractivity contribution in [2.45, 2.75) is 13.8 Å². The van der Waals surface area contributed by atoms with Crippen LogP contribution in [0.2, 0.25) is 0 Å². The number of rotatable bonds is 4. The summed E-state index contributed by atoms with van der Waals surface area (Å²) in [7, 11) is 0. The summed E-state index contributed by atoms with van der Waals surface area (Å²) in [6.07, 6.45) is 0. The molecule has 25 heavy (non-hydrogen) atoms. The molecule has 3 rings (SSSR count). The summed E-state index contributed by atoms with van der Waals surface area (Å²) in [6.45, 7) is 3.41. The molecular formula is C19H17N3O2S. The average molecular weight is 351 g/mol. The van der Waals surface area contributed by atoms with Gasteiger partial charge < -0.3 is 5.32 Å². The highest BCUT2D eigenvalue weighted by Crippen LogP contribution is 2.36. The molecule has 0 radical (unpaired) electrons. The predicted octanol–water partition coefficient (Wildman–Crippen LogP) is 4.33. The van der Waals surface area contributed by atoms with Crippen molar-refractivity contribution in [2.75, 3.05) is 10.6 Å². The zero-order valence-corrected chi connectivity index (χ0v) is 14.7. The summed E-state index contributed by atoms with van der Waals surface area (Å²) in [5.74, 6) is -0.417. The maximum atomic E-state index is 12.4. The largest absolute Gasteiger partial charge is 0.316 e. The maximum absolute atomic E-state index is 12.4. The van der Waals surface area contributed by atoms with Gasteiger partial charge in [0.1, 0.15) is 10.7 Å². The first kappa shape index (κ1) is 16.9. The number of benzene rings is 2. The number of nitrogens with zero attached hydrogens (tertiary/aromatic N) is 1. The van der Waals surface area contributed by atoms with Crippen LogP contribution in [0.4, 0.5) is 10.1 Å². The molecule has 0 saturated heterocycles. The second kappa shape index (κ2) is 7.27. The Morgan fingerprint density at radius 3 is 2.28 bits per heavy atom. The Kier molecular flexibility index (Phi) is 4.90. The number of aryl methyl sites for hydroxylation is 1. The van der Waals surface area contributed by atoms with Gasteiger partial charge in [0.05, 0.1) is 0 Å². The number of thiazole rings is 1. The molecule has 1 heterocycles. The third-order valence-corrected chi connectivity index (χ3v) is 4.38. The summed E-state index contributed by atoms with van der Waals surface area (Å²) in [5.41, 5.74) is 3.16. The second-order valence-corrected chi connectivity index (χ2v) is 6.56. The fraction of sp³-hybridized carbons (Fsp3) is 0.105. The third kappa shape index (κ3) is 4.10. The van der Waals surface area contributed by atoms with E-state index in [0.29, 0.717) is 21.4 Å². The highest BCUT2D eigenvalue weighted by Gasteiger charge is 2.16. The van der Waals surface area contributed by atoms with E-state index in [1.54, 1.807) is 12.1 Å². The number of aromatic nitrogens is 1. The van der Waals surface area contributed by atoms with Crippen LogP contribution < -0.4 is 10.6 Å². The van der Waals surface area contributed by atoms with E-state index in [1.165, 1.54) is 18.3 Å². The Morgan fingerprint density at radius 2 is 1.64 bits per heavy atom. The van der Waals surface area contributed by atoms with Gasteiger partial charge in [-0.05, 0) is 19.1 Å². The Balaban J connectivity index is 1.89. The van der Waals surface area contributed by atoms with Crippen molar-refractivity contribution >= 4 is 33.3 Å². The molecule has 1 aromatic heterocycles. The number of anilines is 2. The van der Waals surface area contributed by atoms with Crippen LogP contribution >= 0.6 is 11.3 Å². The van der Waals surface area contributed by atoms with Gasteiger partial charge in [-0.25, -0.2) is 4.98 Å². The summed E-state index contributed by atoms with van der Waals surface area (Å²) >= 11 is 1.23. The molecule has 126 valence electrons. The molecular weight excluding hydrogens is 334 g/mol. The van der Waals surface area contributed by atoms with Gasteiger partial charge in [-0.1, -0.05) is 59.4 Å². The lowest BCUT2D eigenvalue weighted by Gasteiger charge is -2.02. The molecule has 2 amide bonds. The molecule has 0 unspecified atom stereocenters. The summed E-state index contributed by atoms with van der Waals surface area (Å²) in [4.78, 5) is 28.3. The SMILES string of the molecule is CC(=O)Nc1sc(NC(=O)c2ccc(C)cc2)nc1-c1ccccc1. The van der Waals surface area contributed by atoms with Crippen LogP contribution in [0.5, 0.6) is 0 Å². The normalized spacial score (nSPS) is 10.3. The van der Waals surface area contributed by atoms with Crippen LogP contribution in [0.25, 0.3) is 11.3 Å². The van der Waals surface area contributed by atoms with E-state index < -0.39 is 0 Å². The Bertz CT molecular complexity index is 902. The second-order valence-electron chi connectivity index (χ2n) is 5.56. The lowest BCUT2D eigenvalue weighted by atomic mass is 10.1. The number of carbonyl (C=O) groups excluding carboxylic acids is 2. The van der Waals surface area contributed by atoms with Crippen LogP contribution in [0.15, 0.2) is 54.6 Å². The quantitative estimate of drug-likeness (QED) is 0.735. The Labute approximate surface area is 149 Å². The Hall–Kier alpha value is -2.99. The predicted molar refractivity (Wildman–Crippen MR) is 101 cm³/mol. The molecule has 5 nitrogen and oxygen atoms in total. The van der Waals surface area contributed by atoms with E-state index in [0.717, 1.165) is 11.1 Å². The van der Waals surface area contributed by atoms with E-state index in [9.17, 15) is 9.59 Å². The minimum absolute atomic E-state index is 0.183. The number of hydrogen-bond donors (Lipinski definition) is 2. The monoisotopic (exact) mass is 351 g/mol. The molecule has 0 aliphatic rings. The minimum atomic E-state index is -0.234. The van der Waals surface area contributed by atoms with Crippen LogP contribution in [-0.2, 0) is 4.79 Å². The number of amides is 2. The molecule has 0 spiro atoms. The zero-order valence-electron chi connectivity index (χ0n) is 13.9. The van der Waals surface area contributed by atoms with E-state index in [-0.39, 0.29) is 11.8 Å². The first-order valence-corrected chi connectivity index (χ1v) is 8.56. The van der Waals surface area contributed by atoms with Gasteiger partial charge in [0.25, 0.3) is 5.91 Å². The molecule has 0 aliphatic carbocycles. The highest BCUT2D eigenvalue weighted by molar-refractivity contribution is 7.20. The lowest BCUT2D eigenvalue weighted by Crippen LogP contribution is -2.11. The molecule has 2 N–H and O–H groups in total. The van der Waals surface area contributed by atoms with Gasteiger partial charge in [-0.3, -0.25) is 14.9 Å². The fourth-order valence-corrected chi connectivity index (χ4v) is 3.21. The number of carbonyl (C=O) groups is 2. The van der Waals surface area contributed by atoms with Crippen molar-refractivity contribution in [3.8, 4) is 11.3 Å². The maximum Gasteiger partial charge on any atom is 0.257 e. The van der Waals surface area contributed by atoms with Crippen molar-refractivity contribution in [3.63, 3.8) is 0 Å². The molecule has 3 aromatic rings. The van der Waals surface area contributed by atoms with Crippen LogP contribution in [0, 0.1) is 6.92 Å². The number of nitrogens with one attached hydrogen (secondary N) is 2. The zero-order chi connectivity index (χ0) is 17.8.